The first kappa shape index (κ1) is 27.5. The third kappa shape index (κ3) is 7.71. The second-order valence-electron chi connectivity index (χ2n) is 9.31. The lowest BCUT2D eigenvalue weighted by Gasteiger charge is -2.34. The molecular formula is C31H36N2O4S. The summed E-state index contributed by atoms with van der Waals surface area (Å²) in [5.41, 5.74) is 3.01. The van der Waals surface area contributed by atoms with Crippen LogP contribution in [0.3, 0.4) is 0 Å². The van der Waals surface area contributed by atoms with Crippen molar-refractivity contribution in [3.05, 3.63) is 83.9 Å². The standard InChI is InChI=1S/C31H36N2O4S/c1-3-35-27-13-11-26(12-14-27)32-30(34)22-37-28-15-10-25(21-29(28)36-4-2)31(38)33-18-16-24(17-19-33)20-23-8-6-5-7-9-23/h5-15,21,24H,3-4,16-20,22H2,1-2H3,(H,32,34). The van der Waals surface area contributed by atoms with Crippen LogP contribution in [0.25, 0.3) is 0 Å². The maximum Gasteiger partial charge on any atom is 0.262 e. The first-order chi connectivity index (χ1) is 18.6. The number of nitrogens with one attached hydrogen (secondary N) is 1. The molecule has 0 bridgehead atoms. The first-order valence-corrected chi connectivity index (χ1v) is 13.7. The van der Waals surface area contributed by atoms with Crippen LogP contribution < -0.4 is 19.5 Å². The van der Waals surface area contributed by atoms with Gasteiger partial charge in [0, 0.05) is 24.3 Å². The van der Waals surface area contributed by atoms with Crippen molar-refractivity contribution in [1.29, 1.82) is 0 Å². The van der Waals surface area contributed by atoms with Gasteiger partial charge >= 0.3 is 0 Å². The largest absolute Gasteiger partial charge is 0.494 e. The van der Waals surface area contributed by atoms with Crippen molar-refractivity contribution >= 4 is 28.8 Å². The van der Waals surface area contributed by atoms with Crippen molar-refractivity contribution in [2.75, 3.05) is 38.2 Å². The van der Waals surface area contributed by atoms with Crippen molar-refractivity contribution < 1.29 is 19.0 Å². The van der Waals surface area contributed by atoms with Crippen LogP contribution in [0, 0.1) is 5.92 Å². The Hall–Kier alpha value is -3.58. The van der Waals surface area contributed by atoms with E-state index in [1.54, 1.807) is 12.1 Å². The van der Waals surface area contributed by atoms with E-state index in [4.69, 9.17) is 26.4 Å². The highest BCUT2D eigenvalue weighted by Gasteiger charge is 2.22. The zero-order valence-corrected chi connectivity index (χ0v) is 23.0. The lowest BCUT2D eigenvalue weighted by molar-refractivity contribution is -0.118. The molecule has 1 heterocycles. The van der Waals surface area contributed by atoms with Crippen molar-refractivity contribution in [3.63, 3.8) is 0 Å². The Labute approximate surface area is 230 Å². The topological polar surface area (TPSA) is 60.0 Å². The molecular weight excluding hydrogens is 496 g/mol. The highest BCUT2D eigenvalue weighted by Crippen LogP contribution is 2.30. The minimum atomic E-state index is -0.255. The molecule has 1 N–H and O–H groups in total. The zero-order valence-electron chi connectivity index (χ0n) is 22.2. The molecule has 0 unspecified atom stereocenters. The number of benzene rings is 3. The number of likely N-dealkylation sites (tertiary alicyclic amines) is 1. The SMILES string of the molecule is CCOc1ccc(NC(=O)COc2ccc(C(=S)N3CCC(Cc4ccccc4)CC3)cc2OCC)cc1. The van der Waals surface area contributed by atoms with Crippen LogP contribution in [0.4, 0.5) is 5.69 Å². The van der Waals surface area contributed by atoms with Crippen LogP contribution in [0.15, 0.2) is 72.8 Å². The molecule has 1 amide bonds. The molecule has 1 fully saturated rings. The van der Waals surface area contributed by atoms with Gasteiger partial charge in [0.2, 0.25) is 0 Å². The summed E-state index contributed by atoms with van der Waals surface area (Å²) in [6.07, 6.45) is 3.37. The summed E-state index contributed by atoms with van der Waals surface area (Å²) in [5.74, 6) is 2.29. The summed E-state index contributed by atoms with van der Waals surface area (Å²) >= 11 is 5.86. The third-order valence-electron chi connectivity index (χ3n) is 6.57. The number of ether oxygens (including phenoxy) is 3. The van der Waals surface area contributed by atoms with Gasteiger partial charge in [0.05, 0.1) is 13.2 Å². The van der Waals surface area contributed by atoms with Gasteiger partial charge in [-0.05, 0) is 87.1 Å². The Bertz CT molecular complexity index is 1190. The van der Waals surface area contributed by atoms with Gasteiger partial charge in [-0.2, -0.15) is 0 Å². The summed E-state index contributed by atoms with van der Waals surface area (Å²) in [5, 5.41) is 2.84. The molecule has 0 saturated carbocycles. The average molecular weight is 533 g/mol. The van der Waals surface area contributed by atoms with E-state index in [0.29, 0.717) is 36.3 Å². The third-order valence-corrected chi connectivity index (χ3v) is 7.06. The molecule has 7 heteroatoms. The molecule has 0 radical (unpaired) electrons. The molecule has 1 aliphatic rings. The minimum absolute atomic E-state index is 0.133. The molecule has 0 aromatic heterocycles. The van der Waals surface area contributed by atoms with E-state index in [1.807, 2.05) is 44.2 Å². The predicted molar refractivity (Wildman–Crippen MR) is 155 cm³/mol. The number of thiocarbonyl (C=S) groups is 1. The predicted octanol–water partition coefficient (Wildman–Crippen LogP) is 6.13. The number of anilines is 1. The van der Waals surface area contributed by atoms with E-state index in [1.165, 1.54) is 5.56 Å². The van der Waals surface area contributed by atoms with Gasteiger partial charge in [0.25, 0.3) is 5.91 Å². The fourth-order valence-corrected chi connectivity index (χ4v) is 4.95. The van der Waals surface area contributed by atoms with E-state index in [-0.39, 0.29) is 12.5 Å². The maximum absolute atomic E-state index is 12.5. The Morgan fingerprint density at radius 2 is 1.61 bits per heavy atom. The first-order valence-electron chi connectivity index (χ1n) is 13.3. The monoisotopic (exact) mass is 532 g/mol. The quantitative estimate of drug-likeness (QED) is 0.300. The van der Waals surface area contributed by atoms with Crippen LogP contribution in [0.2, 0.25) is 0 Å². The highest BCUT2D eigenvalue weighted by atomic mass is 32.1. The summed E-state index contributed by atoms with van der Waals surface area (Å²) in [7, 11) is 0. The van der Waals surface area contributed by atoms with E-state index >= 15 is 0 Å². The van der Waals surface area contributed by atoms with Gasteiger partial charge in [-0.1, -0.05) is 42.5 Å². The Morgan fingerprint density at radius 3 is 2.29 bits per heavy atom. The van der Waals surface area contributed by atoms with Gasteiger partial charge in [-0.3, -0.25) is 4.79 Å². The number of carbonyl (C=O) groups excluding carboxylic acids is 1. The van der Waals surface area contributed by atoms with Crippen molar-refractivity contribution in [3.8, 4) is 17.2 Å². The molecule has 3 aromatic rings. The Morgan fingerprint density at radius 1 is 0.895 bits per heavy atom. The van der Waals surface area contributed by atoms with E-state index in [9.17, 15) is 4.79 Å². The summed E-state index contributed by atoms with van der Waals surface area (Å²) < 4.78 is 17.1. The number of hydrogen-bond acceptors (Lipinski definition) is 5. The second-order valence-corrected chi connectivity index (χ2v) is 9.70. The van der Waals surface area contributed by atoms with Crippen molar-refractivity contribution in [2.45, 2.75) is 33.1 Å². The lowest BCUT2D eigenvalue weighted by Crippen LogP contribution is -2.38. The van der Waals surface area contributed by atoms with Crippen molar-refractivity contribution in [1.82, 2.24) is 4.90 Å². The van der Waals surface area contributed by atoms with E-state index in [2.05, 4.69) is 40.5 Å². The molecule has 0 aliphatic carbocycles. The summed E-state index contributed by atoms with van der Waals surface area (Å²) in [6, 6.07) is 23.6. The van der Waals surface area contributed by atoms with Crippen molar-refractivity contribution in [2.24, 2.45) is 5.92 Å². The smallest absolute Gasteiger partial charge is 0.262 e. The number of rotatable bonds is 11. The fourth-order valence-electron chi connectivity index (χ4n) is 4.64. The number of piperidine rings is 1. The molecule has 0 spiro atoms. The van der Waals surface area contributed by atoms with Gasteiger partial charge in [-0.25, -0.2) is 0 Å². The zero-order chi connectivity index (χ0) is 26.7. The van der Waals surface area contributed by atoms with Gasteiger partial charge in [0.1, 0.15) is 10.7 Å². The van der Waals surface area contributed by atoms with Crippen LogP contribution in [-0.4, -0.2) is 48.7 Å². The molecule has 6 nitrogen and oxygen atoms in total. The van der Waals surface area contributed by atoms with Gasteiger partial charge < -0.3 is 24.4 Å². The summed E-state index contributed by atoms with van der Waals surface area (Å²) in [6.45, 7) is 6.69. The van der Waals surface area contributed by atoms with Crippen LogP contribution >= 0.6 is 12.2 Å². The number of carbonyl (C=O) groups is 1. The molecule has 3 aromatic carbocycles. The molecule has 200 valence electrons. The second kappa shape index (κ2) is 13.8. The van der Waals surface area contributed by atoms with Gasteiger partial charge in [-0.15, -0.1) is 0 Å². The van der Waals surface area contributed by atoms with Crippen LogP contribution in [0.5, 0.6) is 17.2 Å². The van der Waals surface area contributed by atoms with E-state index < -0.39 is 0 Å². The molecule has 1 saturated heterocycles. The number of amides is 1. The van der Waals surface area contributed by atoms with Gasteiger partial charge in [0.15, 0.2) is 18.1 Å². The highest BCUT2D eigenvalue weighted by molar-refractivity contribution is 7.80. The maximum atomic E-state index is 12.5. The number of hydrogen-bond donors (Lipinski definition) is 1. The molecule has 1 aliphatic heterocycles. The van der Waals surface area contributed by atoms with E-state index in [0.717, 1.165) is 48.7 Å². The molecule has 4 rings (SSSR count). The average Bonchev–Trinajstić information content (AvgIpc) is 2.94. The molecule has 0 atom stereocenters. The summed E-state index contributed by atoms with van der Waals surface area (Å²) in [4.78, 5) is 15.6. The normalized spacial score (nSPS) is 13.6. The lowest BCUT2D eigenvalue weighted by atomic mass is 9.90. The fraction of sp³-hybridized carbons (Fsp3) is 0.355. The Balaban J connectivity index is 1.31. The van der Waals surface area contributed by atoms with Crippen LogP contribution in [-0.2, 0) is 11.2 Å². The Kier molecular flexibility index (Phi) is 9.98. The number of nitrogens with zero attached hydrogens (tertiary/aromatic N) is 1. The molecule has 38 heavy (non-hydrogen) atoms. The van der Waals surface area contributed by atoms with Crippen LogP contribution in [0.1, 0.15) is 37.8 Å². The minimum Gasteiger partial charge on any atom is -0.494 e.